The second-order valence-electron chi connectivity index (χ2n) is 4.57. The Labute approximate surface area is 148 Å². The molecule has 0 radical (unpaired) electrons. The lowest BCUT2D eigenvalue weighted by molar-refractivity contribution is 0.102. The lowest BCUT2D eigenvalue weighted by Gasteiger charge is -2.01. The number of rotatable bonds is 10. The van der Waals surface area contributed by atoms with Crippen LogP contribution in [-0.4, -0.2) is 41.5 Å². The number of nitrogens with one attached hydrogen (secondary N) is 1. The van der Waals surface area contributed by atoms with Gasteiger partial charge in [-0.3, -0.25) is 4.79 Å². The molecule has 2 rings (SSSR count). The van der Waals surface area contributed by atoms with Crippen molar-refractivity contribution in [3.05, 3.63) is 34.9 Å². The molecule has 1 aromatic heterocycles. The molecule has 0 atom stereocenters. The van der Waals surface area contributed by atoms with Gasteiger partial charge in [-0.1, -0.05) is 34.7 Å². The molecule has 0 fully saturated rings. The van der Waals surface area contributed by atoms with Gasteiger partial charge in [-0.05, 0) is 37.6 Å². The fourth-order valence-corrected chi connectivity index (χ4v) is 3.50. The van der Waals surface area contributed by atoms with E-state index in [-0.39, 0.29) is 5.78 Å². The normalized spacial score (nSPS) is 10.7. The first-order chi connectivity index (χ1) is 11.2. The number of carbonyl (C=O) groups excluding carboxylic acids is 1. The number of hydrogen-bond donors (Lipinski definition) is 1. The van der Waals surface area contributed by atoms with E-state index in [9.17, 15) is 4.79 Å². The lowest BCUT2D eigenvalue weighted by atomic mass is 10.1. The number of nitrogens with zero attached hydrogens (tertiary/aromatic N) is 2. The third-order valence-corrected chi connectivity index (χ3v) is 5.11. The zero-order valence-electron chi connectivity index (χ0n) is 12.8. The van der Waals surface area contributed by atoms with Crippen molar-refractivity contribution in [1.82, 2.24) is 10.2 Å². The number of anilines is 1. The molecule has 0 bridgehead atoms. The molecule has 0 aliphatic heterocycles. The van der Waals surface area contributed by atoms with Gasteiger partial charge in [-0.2, -0.15) is 0 Å². The molecule has 8 heteroatoms. The van der Waals surface area contributed by atoms with E-state index in [1.165, 1.54) is 23.1 Å². The van der Waals surface area contributed by atoms with Gasteiger partial charge in [0.25, 0.3) is 0 Å². The van der Waals surface area contributed by atoms with Crippen LogP contribution in [0.5, 0.6) is 0 Å². The van der Waals surface area contributed by atoms with E-state index >= 15 is 0 Å². The van der Waals surface area contributed by atoms with Crippen molar-refractivity contribution < 1.29 is 9.53 Å². The van der Waals surface area contributed by atoms with Crippen molar-refractivity contribution in [1.29, 1.82) is 0 Å². The highest BCUT2D eigenvalue weighted by atomic mass is 35.5. The van der Waals surface area contributed by atoms with Crippen molar-refractivity contribution >= 4 is 45.6 Å². The summed E-state index contributed by atoms with van der Waals surface area (Å²) in [6.45, 7) is 4.25. The molecule has 23 heavy (non-hydrogen) atoms. The summed E-state index contributed by atoms with van der Waals surface area (Å²) in [6, 6.07) is 6.90. The largest absolute Gasteiger partial charge is 0.382 e. The Kier molecular flexibility index (Phi) is 7.81. The highest BCUT2D eigenvalue weighted by Crippen LogP contribution is 2.26. The van der Waals surface area contributed by atoms with E-state index in [0.717, 1.165) is 35.7 Å². The van der Waals surface area contributed by atoms with Crippen LogP contribution < -0.4 is 5.32 Å². The van der Waals surface area contributed by atoms with Gasteiger partial charge in [0.2, 0.25) is 5.13 Å². The zero-order valence-corrected chi connectivity index (χ0v) is 15.1. The van der Waals surface area contributed by atoms with Gasteiger partial charge in [0, 0.05) is 30.3 Å². The Morgan fingerprint density at radius 2 is 2.13 bits per heavy atom. The molecule has 0 unspecified atom stereocenters. The lowest BCUT2D eigenvalue weighted by Crippen LogP contribution is -2.05. The van der Waals surface area contributed by atoms with Gasteiger partial charge in [-0.25, -0.2) is 0 Å². The van der Waals surface area contributed by atoms with E-state index < -0.39 is 0 Å². The molecule has 0 aliphatic carbocycles. The fourth-order valence-electron chi connectivity index (χ4n) is 1.70. The predicted octanol–water partition coefficient (Wildman–Crippen LogP) is 4.01. The molecule has 0 amide bonds. The van der Waals surface area contributed by atoms with Crippen LogP contribution in [0.3, 0.4) is 0 Å². The van der Waals surface area contributed by atoms with Gasteiger partial charge >= 0.3 is 0 Å². The number of hydrogen-bond acceptors (Lipinski definition) is 7. The number of halogens is 1. The smallest absolute Gasteiger partial charge is 0.206 e. The summed E-state index contributed by atoms with van der Waals surface area (Å²) < 4.78 is 6.05. The SMILES string of the molecule is CCOCCCNc1nnc(SCC(=O)c2ccc(Cl)cc2)s1. The molecule has 5 nitrogen and oxygen atoms in total. The van der Waals surface area contributed by atoms with Crippen LogP contribution in [0.15, 0.2) is 28.6 Å². The van der Waals surface area contributed by atoms with Gasteiger partial charge in [0.15, 0.2) is 10.1 Å². The summed E-state index contributed by atoms with van der Waals surface area (Å²) in [6.07, 6.45) is 0.922. The Morgan fingerprint density at radius 3 is 2.87 bits per heavy atom. The Hall–Kier alpha value is -1.15. The monoisotopic (exact) mass is 371 g/mol. The number of aromatic nitrogens is 2. The summed E-state index contributed by atoms with van der Waals surface area (Å²) in [5.74, 6) is 0.383. The molecule has 0 saturated carbocycles. The molecular weight excluding hydrogens is 354 g/mol. The van der Waals surface area contributed by atoms with E-state index in [0.29, 0.717) is 16.3 Å². The summed E-state index contributed by atoms with van der Waals surface area (Å²) in [5, 5.41) is 12.7. The maximum absolute atomic E-state index is 12.1. The van der Waals surface area contributed by atoms with E-state index in [4.69, 9.17) is 16.3 Å². The predicted molar refractivity (Wildman–Crippen MR) is 96.0 cm³/mol. The molecule has 1 N–H and O–H groups in total. The Bertz CT molecular complexity index is 619. The van der Waals surface area contributed by atoms with Crippen LogP contribution in [0, 0.1) is 0 Å². The standard InChI is InChI=1S/C15H18ClN3O2S2/c1-2-21-9-3-8-17-14-18-19-15(23-14)22-10-13(20)11-4-6-12(16)7-5-11/h4-7H,2-3,8-10H2,1H3,(H,17,18). The second-order valence-corrected chi connectivity index (χ2v) is 7.21. The quantitative estimate of drug-likeness (QED) is 0.387. The first kappa shape index (κ1) is 18.2. The summed E-state index contributed by atoms with van der Waals surface area (Å²) in [7, 11) is 0. The molecule has 1 heterocycles. The Balaban J connectivity index is 1.73. The average Bonchev–Trinajstić information content (AvgIpc) is 3.01. The fraction of sp³-hybridized carbons (Fsp3) is 0.400. The second kappa shape index (κ2) is 9.87. The van der Waals surface area contributed by atoms with Gasteiger partial charge < -0.3 is 10.1 Å². The van der Waals surface area contributed by atoms with E-state index in [2.05, 4.69) is 15.5 Å². The molecular formula is C15H18ClN3O2S2. The van der Waals surface area contributed by atoms with E-state index in [1.54, 1.807) is 24.3 Å². The van der Waals surface area contributed by atoms with Crippen molar-refractivity contribution in [3.63, 3.8) is 0 Å². The highest BCUT2D eigenvalue weighted by Gasteiger charge is 2.10. The average molecular weight is 372 g/mol. The minimum atomic E-state index is 0.0492. The maximum atomic E-state index is 12.1. The van der Waals surface area contributed by atoms with Gasteiger partial charge in [0.1, 0.15) is 0 Å². The third-order valence-electron chi connectivity index (χ3n) is 2.85. The van der Waals surface area contributed by atoms with Crippen LogP contribution in [0.1, 0.15) is 23.7 Å². The third kappa shape index (κ3) is 6.47. The number of ether oxygens (including phenoxy) is 1. The molecule has 124 valence electrons. The topological polar surface area (TPSA) is 64.1 Å². The molecule has 2 aromatic rings. The van der Waals surface area contributed by atoms with Gasteiger partial charge in [0.05, 0.1) is 5.75 Å². The van der Waals surface area contributed by atoms with Crippen molar-refractivity contribution in [2.45, 2.75) is 17.7 Å². The molecule has 0 aliphatic rings. The number of thioether (sulfide) groups is 1. The van der Waals surface area contributed by atoms with Crippen molar-refractivity contribution in [3.8, 4) is 0 Å². The minimum absolute atomic E-state index is 0.0492. The number of carbonyl (C=O) groups is 1. The van der Waals surface area contributed by atoms with Crippen molar-refractivity contribution in [2.75, 3.05) is 30.8 Å². The minimum Gasteiger partial charge on any atom is -0.382 e. The number of ketones is 1. The first-order valence-corrected chi connectivity index (χ1v) is 9.43. The van der Waals surface area contributed by atoms with Crippen LogP contribution in [0.25, 0.3) is 0 Å². The van der Waals surface area contributed by atoms with E-state index in [1.807, 2.05) is 6.92 Å². The number of Topliss-reactive ketones (excluding diaryl/α,β-unsaturated/α-hetero) is 1. The van der Waals surface area contributed by atoms with Gasteiger partial charge in [-0.15, -0.1) is 10.2 Å². The first-order valence-electron chi connectivity index (χ1n) is 7.25. The summed E-state index contributed by atoms with van der Waals surface area (Å²) >= 11 is 8.66. The summed E-state index contributed by atoms with van der Waals surface area (Å²) in [4.78, 5) is 12.1. The van der Waals surface area contributed by atoms with Crippen molar-refractivity contribution in [2.24, 2.45) is 0 Å². The van der Waals surface area contributed by atoms with Crippen LogP contribution in [0.4, 0.5) is 5.13 Å². The molecule has 1 aromatic carbocycles. The summed E-state index contributed by atoms with van der Waals surface area (Å²) in [5.41, 5.74) is 0.653. The van der Waals surface area contributed by atoms with Crippen LogP contribution >= 0.6 is 34.7 Å². The van der Waals surface area contributed by atoms with Crippen LogP contribution in [0.2, 0.25) is 5.02 Å². The maximum Gasteiger partial charge on any atom is 0.206 e. The molecule has 0 spiro atoms. The number of benzene rings is 1. The highest BCUT2D eigenvalue weighted by molar-refractivity contribution is 8.01. The Morgan fingerprint density at radius 1 is 1.35 bits per heavy atom. The zero-order chi connectivity index (χ0) is 16.5. The van der Waals surface area contributed by atoms with Crippen LogP contribution in [-0.2, 0) is 4.74 Å². The molecule has 0 saturated heterocycles.